The summed E-state index contributed by atoms with van der Waals surface area (Å²) in [4.78, 5) is 29.7. The summed E-state index contributed by atoms with van der Waals surface area (Å²) in [5.41, 5.74) is 6.97. The van der Waals surface area contributed by atoms with Crippen molar-refractivity contribution in [3.8, 4) is 5.69 Å². The number of para-hydroxylation sites is 1. The van der Waals surface area contributed by atoms with Crippen molar-refractivity contribution in [1.82, 2.24) is 14.7 Å². The van der Waals surface area contributed by atoms with E-state index in [4.69, 9.17) is 5.10 Å². The highest BCUT2D eigenvalue weighted by molar-refractivity contribution is 6.01. The minimum atomic E-state index is -0.220. The molecule has 224 valence electrons. The molecule has 4 aromatic rings. The topological polar surface area (TPSA) is 70.5 Å². The molecule has 1 N–H and O–H groups in total. The average molecular weight is 598 g/mol. The first-order valence-corrected chi connectivity index (χ1v) is 14.4. The van der Waals surface area contributed by atoms with Crippen LogP contribution in [0.3, 0.4) is 0 Å². The number of aryl methyl sites for hydroxylation is 2. The third kappa shape index (κ3) is 7.80. The molecule has 2 heterocycles. The molecule has 0 saturated carbocycles. The Labute approximate surface area is 260 Å². The Kier molecular flexibility index (Phi) is 9.89. The number of hydrogen-bond acceptors (Lipinski definition) is 4. The zero-order chi connectivity index (χ0) is 29.9. The molecule has 5 rings (SSSR count). The standard InChI is InChI=1S/C35H39N5O2.ClH/c1-25-10-17-29(18-11-25)40-32(22-31(37-40)35(3,4)5)36-33(41)19-16-27-12-14-28(15-13-27)23-38-21-20-34(42)39(24-38)30-9-7-6-8-26(30)2;/h6-19,22H,20-21,23-24H2,1-5H3,(H,36,41);1H. The SMILES string of the molecule is Cc1ccc(-n2nc(C(C)(C)C)cc2NC(=O)C=Cc2ccc(CN3CCC(=O)N(c4ccccc4C)C3)cc2)cc1.Cl. The number of halogens is 1. The Hall–Kier alpha value is -4.20. The third-order valence-electron chi connectivity index (χ3n) is 7.51. The second kappa shape index (κ2) is 13.4. The minimum Gasteiger partial charge on any atom is -0.307 e. The molecule has 2 amide bonds. The van der Waals surface area contributed by atoms with Crippen LogP contribution in [0.1, 0.15) is 55.1 Å². The maximum absolute atomic E-state index is 12.9. The lowest BCUT2D eigenvalue weighted by molar-refractivity contribution is -0.121. The van der Waals surface area contributed by atoms with Crippen LogP contribution < -0.4 is 10.2 Å². The van der Waals surface area contributed by atoms with Crippen molar-refractivity contribution in [2.75, 3.05) is 23.4 Å². The Bertz CT molecular complexity index is 1600. The number of hydrogen-bond donors (Lipinski definition) is 1. The number of benzene rings is 3. The molecule has 0 unspecified atom stereocenters. The van der Waals surface area contributed by atoms with E-state index < -0.39 is 0 Å². The summed E-state index contributed by atoms with van der Waals surface area (Å²) in [5.74, 6) is 0.575. The molecule has 1 fully saturated rings. The van der Waals surface area contributed by atoms with Crippen LogP contribution in [0, 0.1) is 13.8 Å². The second-order valence-electron chi connectivity index (χ2n) is 12.0. The van der Waals surface area contributed by atoms with Crippen molar-refractivity contribution in [2.45, 2.75) is 53.0 Å². The number of nitrogens with zero attached hydrogens (tertiary/aromatic N) is 4. The Morgan fingerprint density at radius 2 is 1.67 bits per heavy atom. The van der Waals surface area contributed by atoms with Crippen LogP contribution in [-0.4, -0.2) is 39.7 Å². The van der Waals surface area contributed by atoms with E-state index in [-0.39, 0.29) is 29.6 Å². The fourth-order valence-corrected chi connectivity index (χ4v) is 5.00. The predicted octanol–water partition coefficient (Wildman–Crippen LogP) is 7.06. The van der Waals surface area contributed by atoms with Crippen LogP contribution in [0.4, 0.5) is 11.5 Å². The van der Waals surface area contributed by atoms with Gasteiger partial charge in [0.2, 0.25) is 11.8 Å². The summed E-state index contributed by atoms with van der Waals surface area (Å²) in [6, 6.07) is 26.2. The van der Waals surface area contributed by atoms with Crippen LogP contribution in [0.25, 0.3) is 11.8 Å². The van der Waals surface area contributed by atoms with Gasteiger partial charge in [0.05, 0.1) is 18.1 Å². The highest BCUT2D eigenvalue weighted by Gasteiger charge is 2.26. The first kappa shape index (κ1) is 31.7. The fraction of sp³-hybridized carbons (Fsp3) is 0.286. The van der Waals surface area contributed by atoms with E-state index in [2.05, 4.69) is 43.1 Å². The van der Waals surface area contributed by atoms with E-state index in [0.717, 1.165) is 52.4 Å². The number of nitrogens with one attached hydrogen (secondary N) is 1. The van der Waals surface area contributed by atoms with Crippen LogP contribution in [0.2, 0.25) is 0 Å². The average Bonchev–Trinajstić information content (AvgIpc) is 3.39. The lowest BCUT2D eigenvalue weighted by Crippen LogP contribution is -2.48. The van der Waals surface area contributed by atoms with Gasteiger partial charge in [-0.3, -0.25) is 19.4 Å². The highest BCUT2D eigenvalue weighted by atomic mass is 35.5. The van der Waals surface area contributed by atoms with E-state index in [1.807, 2.05) is 91.6 Å². The third-order valence-corrected chi connectivity index (χ3v) is 7.51. The number of carbonyl (C=O) groups is 2. The van der Waals surface area contributed by atoms with Crippen LogP contribution in [-0.2, 0) is 21.5 Å². The van der Waals surface area contributed by atoms with Crippen molar-refractivity contribution >= 4 is 41.8 Å². The van der Waals surface area contributed by atoms with E-state index >= 15 is 0 Å². The van der Waals surface area contributed by atoms with Crippen molar-refractivity contribution in [3.05, 3.63) is 113 Å². The molecule has 1 aromatic heterocycles. The van der Waals surface area contributed by atoms with E-state index in [0.29, 0.717) is 18.9 Å². The van der Waals surface area contributed by atoms with E-state index in [1.54, 1.807) is 10.8 Å². The van der Waals surface area contributed by atoms with Gasteiger partial charge in [0.15, 0.2) is 0 Å². The smallest absolute Gasteiger partial charge is 0.249 e. The summed E-state index contributed by atoms with van der Waals surface area (Å²) in [7, 11) is 0. The molecule has 0 atom stereocenters. The van der Waals surface area contributed by atoms with Gasteiger partial charge in [-0.25, -0.2) is 4.68 Å². The molecular formula is C35H40ClN5O2. The first-order valence-electron chi connectivity index (χ1n) is 14.4. The summed E-state index contributed by atoms with van der Waals surface area (Å²) >= 11 is 0. The number of amides is 2. The molecule has 43 heavy (non-hydrogen) atoms. The van der Waals surface area contributed by atoms with E-state index in [1.165, 1.54) is 0 Å². The van der Waals surface area contributed by atoms with Gasteiger partial charge in [0, 0.05) is 42.8 Å². The molecule has 1 aliphatic heterocycles. The molecule has 1 aliphatic rings. The summed E-state index contributed by atoms with van der Waals surface area (Å²) in [6.45, 7) is 12.5. The molecular weight excluding hydrogens is 558 g/mol. The van der Waals surface area contributed by atoms with Gasteiger partial charge in [-0.05, 0) is 54.8 Å². The number of carbonyl (C=O) groups excluding carboxylic acids is 2. The lowest BCUT2D eigenvalue weighted by atomic mass is 9.92. The van der Waals surface area contributed by atoms with Crippen LogP contribution >= 0.6 is 12.4 Å². The minimum absolute atomic E-state index is 0. The van der Waals surface area contributed by atoms with Crippen molar-refractivity contribution in [1.29, 1.82) is 0 Å². The number of aromatic nitrogens is 2. The fourth-order valence-electron chi connectivity index (χ4n) is 5.00. The first-order chi connectivity index (χ1) is 20.1. The number of anilines is 2. The maximum atomic E-state index is 12.9. The molecule has 0 bridgehead atoms. The second-order valence-corrected chi connectivity index (χ2v) is 12.0. The molecule has 3 aromatic carbocycles. The zero-order valence-corrected chi connectivity index (χ0v) is 26.3. The molecule has 8 heteroatoms. The van der Waals surface area contributed by atoms with Gasteiger partial charge in [-0.1, -0.05) is 80.9 Å². The van der Waals surface area contributed by atoms with Gasteiger partial charge >= 0.3 is 0 Å². The predicted molar refractivity (Wildman–Crippen MR) is 177 cm³/mol. The monoisotopic (exact) mass is 597 g/mol. The van der Waals surface area contributed by atoms with Crippen LogP contribution in [0.15, 0.2) is 84.9 Å². The van der Waals surface area contributed by atoms with Crippen LogP contribution in [0.5, 0.6) is 0 Å². The van der Waals surface area contributed by atoms with Crippen molar-refractivity contribution in [3.63, 3.8) is 0 Å². The van der Waals surface area contributed by atoms with Gasteiger partial charge in [-0.2, -0.15) is 5.10 Å². The highest BCUT2D eigenvalue weighted by Crippen LogP contribution is 2.27. The largest absolute Gasteiger partial charge is 0.307 e. The van der Waals surface area contributed by atoms with Gasteiger partial charge in [0.25, 0.3) is 0 Å². The molecule has 0 radical (unpaired) electrons. The quantitative estimate of drug-likeness (QED) is 0.232. The van der Waals surface area contributed by atoms with Gasteiger partial charge in [0.1, 0.15) is 5.82 Å². The van der Waals surface area contributed by atoms with Gasteiger partial charge in [-0.15, -0.1) is 12.4 Å². The van der Waals surface area contributed by atoms with E-state index in [9.17, 15) is 9.59 Å². The van der Waals surface area contributed by atoms with Gasteiger partial charge < -0.3 is 5.32 Å². The Balaban J connectivity index is 0.00000423. The van der Waals surface area contributed by atoms with Crippen molar-refractivity contribution in [2.24, 2.45) is 0 Å². The van der Waals surface area contributed by atoms with Crippen molar-refractivity contribution < 1.29 is 9.59 Å². The molecule has 0 aliphatic carbocycles. The zero-order valence-electron chi connectivity index (χ0n) is 25.5. The maximum Gasteiger partial charge on any atom is 0.249 e. The number of rotatable bonds is 7. The summed E-state index contributed by atoms with van der Waals surface area (Å²) in [6.07, 6.45) is 3.87. The summed E-state index contributed by atoms with van der Waals surface area (Å²) < 4.78 is 1.79. The molecule has 7 nitrogen and oxygen atoms in total. The molecule has 1 saturated heterocycles. The Morgan fingerprint density at radius 3 is 2.35 bits per heavy atom. The molecule has 0 spiro atoms. The summed E-state index contributed by atoms with van der Waals surface area (Å²) in [5, 5.41) is 7.81. The normalized spacial score (nSPS) is 14.2. The lowest BCUT2D eigenvalue weighted by Gasteiger charge is -2.36. The Morgan fingerprint density at radius 1 is 0.977 bits per heavy atom.